The van der Waals surface area contributed by atoms with Crippen LogP contribution in [0, 0.1) is 0 Å². The maximum Gasteiger partial charge on any atom is 0.231 e. The van der Waals surface area contributed by atoms with Crippen molar-refractivity contribution in [3.05, 3.63) is 52.4 Å². The molecule has 3 atom stereocenters. The Morgan fingerprint density at radius 1 is 1.15 bits per heavy atom. The summed E-state index contributed by atoms with van der Waals surface area (Å²) in [6, 6.07) is 7.87. The number of carbonyl (C=O) groups excluding carboxylic acids is 1. The van der Waals surface area contributed by atoms with Gasteiger partial charge in [0.15, 0.2) is 0 Å². The molecule has 34 heavy (non-hydrogen) atoms. The molecule has 188 valence electrons. The quantitative estimate of drug-likeness (QED) is 0.589. The van der Waals surface area contributed by atoms with E-state index in [1.54, 1.807) is 6.33 Å². The second-order valence-electron chi connectivity index (χ2n) is 9.13. The number of aliphatic hydroxyl groups excluding tert-OH is 1. The topological polar surface area (TPSA) is 81.6 Å². The van der Waals surface area contributed by atoms with Gasteiger partial charge < -0.3 is 20.2 Å². The zero-order valence-electron chi connectivity index (χ0n) is 19.8. The third-order valence-electron chi connectivity index (χ3n) is 6.47. The van der Waals surface area contributed by atoms with Gasteiger partial charge in [0.1, 0.15) is 12.1 Å². The smallest absolute Gasteiger partial charge is 0.231 e. The molecule has 0 bridgehead atoms. The number of amides is 1. The number of nitrogens with zero attached hydrogens (tertiary/aromatic N) is 4. The van der Waals surface area contributed by atoms with Gasteiger partial charge in [0, 0.05) is 49.4 Å². The zero-order chi connectivity index (χ0) is 22.8. The third kappa shape index (κ3) is 6.13. The number of rotatable bonds is 6. The Hall–Kier alpha value is -1.64. The number of nitrogens with one attached hydrogen (secondary N) is 1. The SMILES string of the molecule is CC(C)NC[C@@H](C(=O)N1CCN(c2ncnc3c2[C@H](C)C[C@H]3O)CC1)c1ccc(Cl)cc1.Cl.Cl. The summed E-state index contributed by atoms with van der Waals surface area (Å²) >= 11 is 6.06. The van der Waals surface area contributed by atoms with Gasteiger partial charge in [0.2, 0.25) is 5.91 Å². The Balaban J connectivity index is 0.00000204. The Bertz CT molecular complexity index is 952. The fourth-order valence-electron chi connectivity index (χ4n) is 4.71. The van der Waals surface area contributed by atoms with E-state index in [1.165, 1.54) is 0 Å². The van der Waals surface area contributed by atoms with Crippen LogP contribution < -0.4 is 10.2 Å². The summed E-state index contributed by atoms with van der Waals surface area (Å²) in [6.45, 7) is 9.57. The number of carbonyl (C=O) groups is 1. The normalized spacial score (nSPS) is 20.4. The van der Waals surface area contributed by atoms with Crippen LogP contribution >= 0.6 is 36.4 Å². The van der Waals surface area contributed by atoms with Gasteiger partial charge in [-0.2, -0.15) is 0 Å². The number of hydrogen-bond acceptors (Lipinski definition) is 6. The fourth-order valence-corrected chi connectivity index (χ4v) is 4.84. The van der Waals surface area contributed by atoms with Crippen molar-refractivity contribution in [1.82, 2.24) is 20.2 Å². The number of fused-ring (bicyclic) bond motifs is 1. The first-order chi connectivity index (χ1) is 15.3. The van der Waals surface area contributed by atoms with Gasteiger partial charge in [0.25, 0.3) is 0 Å². The maximum atomic E-state index is 13.5. The Morgan fingerprint density at radius 2 is 1.79 bits per heavy atom. The van der Waals surface area contributed by atoms with Gasteiger partial charge in [-0.25, -0.2) is 9.97 Å². The predicted octanol–water partition coefficient (Wildman–Crippen LogP) is 3.94. The van der Waals surface area contributed by atoms with E-state index in [9.17, 15) is 9.90 Å². The lowest BCUT2D eigenvalue weighted by molar-refractivity contribution is -0.133. The van der Waals surface area contributed by atoms with Crippen molar-refractivity contribution >= 4 is 48.1 Å². The highest BCUT2D eigenvalue weighted by atomic mass is 35.5. The molecule has 1 saturated heterocycles. The van der Waals surface area contributed by atoms with Crippen molar-refractivity contribution in [3.8, 4) is 0 Å². The van der Waals surface area contributed by atoms with Crippen LogP contribution in [0.1, 0.15) is 62.0 Å². The van der Waals surface area contributed by atoms with Crippen LogP contribution in [0.5, 0.6) is 0 Å². The zero-order valence-corrected chi connectivity index (χ0v) is 22.2. The van der Waals surface area contributed by atoms with Crippen LogP contribution in [-0.4, -0.2) is 64.6 Å². The molecule has 0 radical (unpaired) electrons. The van der Waals surface area contributed by atoms with Gasteiger partial charge in [0.05, 0.1) is 17.7 Å². The summed E-state index contributed by atoms with van der Waals surface area (Å²) in [4.78, 5) is 26.5. The van der Waals surface area contributed by atoms with Crippen LogP contribution in [0.2, 0.25) is 5.02 Å². The fraction of sp³-hybridized carbons (Fsp3) is 0.542. The number of aliphatic hydroxyl groups is 1. The molecular weight excluding hydrogens is 497 g/mol. The molecule has 0 spiro atoms. The average molecular weight is 531 g/mol. The highest BCUT2D eigenvalue weighted by molar-refractivity contribution is 6.30. The highest BCUT2D eigenvalue weighted by Crippen LogP contribution is 2.42. The number of aromatic nitrogens is 2. The molecule has 7 nitrogen and oxygen atoms in total. The molecule has 10 heteroatoms. The standard InChI is InChI=1S/C24H32ClN5O2.2ClH/c1-15(2)26-13-19(17-4-6-18(25)7-5-17)24(32)30-10-8-29(9-11-30)23-21-16(3)12-20(31)22(21)27-14-28-23;;/h4-7,14-16,19-20,26,31H,8-13H2,1-3H3;2*1H/t16-,19-,20-;;/m1../s1. The van der Waals surface area contributed by atoms with E-state index in [-0.39, 0.29) is 42.6 Å². The minimum absolute atomic E-state index is 0. The number of piperazine rings is 1. The molecule has 1 fully saturated rings. The number of benzene rings is 1. The summed E-state index contributed by atoms with van der Waals surface area (Å²) in [7, 11) is 0. The minimum atomic E-state index is -0.516. The van der Waals surface area contributed by atoms with Crippen LogP contribution in [0.3, 0.4) is 0 Å². The first kappa shape index (κ1) is 28.6. The molecular formula is C24H34Cl3N5O2. The monoisotopic (exact) mass is 529 g/mol. The second kappa shape index (κ2) is 12.4. The van der Waals surface area contributed by atoms with Gasteiger partial charge in [-0.3, -0.25) is 4.79 Å². The molecule has 0 unspecified atom stereocenters. The van der Waals surface area contributed by atoms with E-state index in [1.807, 2.05) is 29.2 Å². The molecule has 0 saturated carbocycles. The summed E-state index contributed by atoms with van der Waals surface area (Å²) < 4.78 is 0. The average Bonchev–Trinajstić information content (AvgIpc) is 3.08. The molecule has 1 aliphatic heterocycles. The minimum Gasteiger partial charge on any atom is -0.387 e. The highest BCUT2D eigenvalue weighted by Gasteiger charge is 2.35. The lowest BCUT2D eigenvalue weighted by Crippen LogP contribution is -2.51. The molecule has 2 N–H and O–H groups in total. The van der Waals surface area contributed by atoms with E-state index in [2.05, 4.69) is 41.0 Å². The maximum absolute atomic E-state index is 13.5. The van der Waals surface area contributed by atoms with Crippen LogP contribution in [0.4, 0.5) is 5.82 Å². The largest absolute Gasteiger partial charge is 0.387 e. The lowest BCUT2D eigenvalue weighted by atomic mass is 9.96. The number of halogens is 3. The van der Waals surface area contributed by atoms with Gasteiger partial charge >= 0.3 is 0 Å². The van der Waals surface area contributed by atoms with Crippen molar-refractivity contribution in [2.75, 3.05) is 37.6 Å². The van der Waals surface area contributed by atoms with Gasteiger partial charge in [-0.05, 0) is 30.0 Å². The Kier molecular flexibility index (Phi) is 10.4. The van der Waals surface area contributed by atoms with E-state index >= 15 is 0 Å². The number of hydrogen-bond donors (Lipinski definition) is 2. The second-order valence-corrected chi connectivity index (χ2v) is 9.56. The first-order valence-corrected chi connectivity index (χ1v) is 11.8. The summed E-state index contributed by atoms with van der Waals surface area (Å²) in [5.41, 5.74) is 2.79. The van der Waals surface area contributed by atoms with Crippen LogP contribution in [0.15, 0.2) is 30.6 Å². The Labute approximate surface area is 219 Å². The lowest BCUT2D eigenvalue weighted by Gasteiger charge is -2.38. The molecule has 2 heterocycles. The first-order valence-electron chi connectivity index (χ1n) is 11.4. The van der Waals surface area contributed by atoms with Gasteiger partial charge in [-0.15, -0.1) is 24.8 Å². The van der Waals surface area contributed by atoms with Crippen molar-refractivity contribution in [2.24, 2.45) is 0 Å². The Morgan fingerprint density at radius 3 is 2.41 bits per heavy atom. The summed E-state index contributed by atoms with van der Waals surface area (Å²) in [6.07, 6.45) is 1.71. The van der Waals surface area contributed by atoms with Crippen molar-refractivity contribution in [1.29, 1.82) is 0 Å². The molecule has 1 aromatic heterocycles. The predicted molar refractivity (Wildman–Crippen MR) is 141 cm³/mol. The van der Waals surface area contributed by atoms with E-state index in [0.29, 0.717) is 50.2 Å². The van der Waals surface area contributed by atoms with Crippen LogP contribution in [0.25, 0.3) is 0 Å². The summed E-state index contributed by atoms with van der Waals surface area (Å²) in [5, 5.41) is 14.4. The van der Waals surface area contributed by atoms with Crippen LogP contribution in [-0.2, 0) is 4.79 Å². The molecule has 1 aliphatic carbocycles. The molecule has 2 aliphatic rings. The van der Waals surface area contributed by atoms with E-state index < -0.39 is 6.10 Å². The molecule has 1 aromatic carbocycles. The van der Waals surface area contributed by atoms with Gasteiger partial charge in [-0.1, -0.05) is 44.5 Å². The molecule has 1 amide bonds. The summed E-state index contributed by atoms with van der Waals surface area (Å²) in [5.74, 6) is 1.02. The third-order valence-corrected chi connectivity index (χ3v) is 6.72. The number of anilines is 1. The van der Waals surface area contributed by atoms with Crippen molar-refractivity contribution < 1.29 is 9.90 Å². The van der Waals surface area contributed by atoms with E-state index in [0.717, 1.165) is 22.6 Å². The van der Waals surface area contributed by atoms with Crippen molar-refractivity contribution in [2.45, 2.75) is 51.2 Å². The molecule has 2 aromatic rings. The van der Waals surface area contributed by atoms with E-state index in [4.69, 9.17) is 11.6 Å². The molecule has 4 rings (SSSR count). The van der Waals surface area contributed by atoms with Crippen molar-refractivity contribution in [3.63, 3.8) is 0 Å².